The summed E-state index contributed by atoms with van der Waals surface area (Å²) in [5.41, 5.74) is 1.48. The zero-order valence-corrected chi connectivity index (χ0v) is 11.7. The number of rotatable bonds is 4. The molecule has 108 valence electrons. The normalized spacial score (nSPS) is 10.8. The maximum atomic E-state index is 12.0. The van der Waals surface area contributed by atoms with E-state index >= 15 is 0 Å². The van der Waals surface area contributed by atoms with Gasteiger partial charge in [-0.15, -0.1) is 0 Å². The smallest absolute Gasteiger partial charge is 0.324 e. The second-order valence-corrected chi connectivity index (χ2v) is 4.17. The second kappa shape index (κ2) is 7.69. The Labute approximate surface area is 123 Å². The molecule has 2 aromatic carbocycles. The molecule has 0 heterocycles. The van der Waals surface area contributed by atoms with E-state index in [4.69, 9.17) is 4.84 Å². The lowest BCUT2D eigenvalue weighted by atomic mass is 10.2. The number of amides is 2. The molecule has 0 saturated heterocycles. The van der Waals surface area contributed by atoms with Gasteiger partial charge in [-0.1, -0.05) is 53.7 Å². The molecule has 5 nitrogen and oxygen atoms in total. The zero-order valence-electron chi connectivity index (χ0n) is 11.7. The summed E-state index contributed by atoms with van der Waals surface area (Å²) in [4.78, 5) is 17.0. The molecule has 0 aliphatic heterocycles. The first-order valence-corrected chi connectivity index (χ1v) is 6.68. The molecule has 2 rings (SSSR count). The lowest BCUT2D eigenvalue weighted by Crippen LogP contribution is -2.35. The fraction of sp³-hybridized carbons (Fsp3) is 0.125. The van der Waals surface area contributed by atoms with E-state index in [0.29, 0.717) is 18.1 Å². The minimum atomic E-state index is -0.372. The van der Waals surface area contributed by atoms with Crippen LogP contribution in [0.25, 0.3) is 0 Å². The Bertz CT molecular complexity index is 597. The Morgan fingerprint density at radius 3 is 2.29 bits per heavy atom. The van der Waals surface area contributed by atoms with Crippen molar-refractivity contribution in [3.05, 3.63) is 66.2 Å². The topological polar surface area (TPSA) is 62.7 Å². The van der Waals surface area contributed by atoms with Gasteiger partial charge in [0.15, 0.2) is 5.84 Å². The third-order valence-electron chi connectivity index (χ3n) is 2.60. The summed E-state index contributed by atoms with van der Waals surface area (Å²) < 4.78 is 0. The Balaban J connectivity index is 2.07. The standard InChI is InChI=1S/C16H17N3O2/c1-2-21-19-15(13-9-5-3-6-10-13)18-16(20)17-14-11-7-4-8-12-14/h3-12H,2H2,1H3,(H2,17,18,19,20). The van der Waals surface area contributed by atoms with Crippen LogP contribution in [0.2, 0.25) is 0 Å². The monoisotopic (exact) mass is 283 g/mol. The zero-order chi connectivity index (χ0) is 14.9. The molecule has 2 amide bonds. The summed E-state index contributed by atoms with van der Waals surface area (Å²) in [6.45, 7) is 2.26. The van der Waals surface area contributed by atoms with E-state index in [2.05, 4.69) is 15.8 Å². The number of carbonyl (C=O) groups excluding carboxylic acids is 1. The SMILES string of the molecule is CCO/N=C(/NC(=O)Nc1ccccc1)c1ccccc1. The van der Waals surface area contributed by atoms with E-state index in [9.17, 15) is 4.79 Å². The predicted octanol–water partition coefficient (Wildman–Crippen LogP) is 3.21. The molecular weight excluding hydrogens is 266 g/mol. The summed E-state index contributed by atoms with van der Waals surface area (Å²) in [7, 11) is 0. The molecule has 5 heteroatoms. The van der Waals surface area contributed by atoms with Gasteiger partial charge in [0.2, 0.25) is 0 Å². The summed E-state index contributed by atoms with van der Waals surface area (Å²) in [6, 6.07) is 18.2. The number of urea groups is 1. The quantitative estimate of drug-likeness (QED) is 0.514. The molecule has 0 saturated carbocycles. The van der Waals surface area contributed by atoms with E-state index in [-0.39, 0.29) is 6.03 Å². The van der Waals surface area contributed by atoms with Crippen LogP contribution < -0.4 is 10.6 Å². The number of nitrogens with one attached hydrogen (secondary N) is 2. The van der Waals surface area contributed by atoms with Gasteiger partial charge in [0.1, 0.15) is 6.61 Å². The lowest BCUT2D eigenvalue weighted by Gasteiger charge is -2.10. The largest absolute Gasteiger partial charge is 0.394 e. The van der Waals surface area contributed by atoms with Crippen LogP contribution in [0.5, 0.6) is 0 Å². The highest BCUT2D eigenvalue weighted by Crippen LogP contribution is 2.05. The van der Waals surface area contributed by atoms with Crippen LogP contribution in [0.1, 0.15) is 12.5 Å². The van der Waals surface area contributed by atoms with E-state index in [1.165, 1.54) is 0 Å². The van der Waals surface area contributed by atoms with Gasteiger partial charge in [0.05, 0.1) is 0 Å². The first-order chi connectivity index (χ1) is 10.3. The van der Waals surface area contributed by atoms with Crippen LogP contribution in [-0.2, 0) is 4.84 Å². The maximum Gasteiger partial charge on any atom is 0.324 e. The first kappa shape index (κ1) is 14.6. The van der Waals surface area contributed by atoms with Crippen molar-refractivity contribution >= 4 is 17.6 Å². The number of nitrogens with zero attached hydrogens (tertiary/aromatic N) is 1. The van der Waals surface area contributed by atoms with Crippen molar-refractivity contribution in [2.45, 2.75) is 6.92 Å². The van der Waals surface area contributed by atoms with Gasteiger partial charge in [0.25, 0.3) is 0 Å². The molecule has 0 atom stereocenters. The number of carbonyl (C=O) groups is 1. The van der Waals surface area contributed by atoms with Crippen LogP contribution in [0.4, 0.5) is 10.5 Å². The molecule has 0 radical (unpaired) electrons. The molecule has 2 aromatic rings. The third kappa shape index (κ3) is 4.65. The van der Waals surface area contributed by atoms with Crippen LogP contribution in [0.3, 0.4) is 0 Å². The Morgan fingerprint density at radius 1 is 1.05 bits per heavy atom. The lowest BCUT2D eigenvalue weighted by molar-refractivity contribution is 0.158. The van der Waals surface area contributed by atoms with E-state index in [1.807, 2.05) is 67.6 Å². The van der Waals surface area contributed by atoms with Gasteiger partial charge in [-0.25, -0.2) is 4.79 Å². The maximum absolute atomic E-state index is 12.0. The summed E-state index contributed by atoms with van der Waals surface area (Å²) >= 11 is 0. The highest BCUT2D eigenvalue weighted by atomic mass is 16.6. The highest BCUT2D eigenvalue weighted by Gasteiger charge is 2.09. The van der Waals surface area contributed by atoms with Crippen LogP contribution in [-0.4, -0.2) is 18.5 Å². The molecule has 0 aromatic heterocycles. The minimum absolute atomic E-state index is 0.367. The molecule has 0 spiro atoms. The van der Waals surface area contributed by atoms with Crippen molar-refractivity contribution in [2.24, 2.45) is 5.16 Å². The molecule has 0 fully saturated rings. The van der Waals surface area contributed by atoms with Gasteiger partial charge >= 0.3 is 6.03 Å². The first-order valence-electron chi connectivity index (χ1n) is 6.68. The van der Waals surface area contributed by atoms with Crippen LogP contribution in [0, 0.1) is 0 Å². The molecule has 0 aliphatic carbocycles. The Hall–Kier alpha value is -2.82. The Kier molecular flexibility index (Phi) is 5.34. The number of hydrogen-bond donors (Lipinski definition) is 2. The molecule has 21 heavy (non-hydrogen) atoms. The van der Waals surface area contributed by atoms with Gasteiger partial charge in [0, 0.05) is 11.3 Å². The van der Waals surface area contributed by atoms with Gasteiger partial charge < -0.3 is 10.2 Å². The minimum Gasteiger partial charge on any atom is -0.394 e. The molecular formula is C16H17N3O2. The van der Waals surface area contributed by atoms with Crippen LogP contribution in [0.15, 0.2) is 65.8 Å². The van der Waals surface area contributed by atoms with E-state index in [0.717, 1.165) is 5.56 Å². The van der Waals surface area contributed by atoms with Crippen molar-refractivity contribution in [3.63, 3.8) is 0 Å². The number of amidine groups is 1. The number of oxime groups is 1. The molecule has 0 aliphatic rings. The van der Waals surface area contributed by atoms with Crippen molar-refractivity contribution in [1.29, 1.82) is 0 Å². The van der Waals surface area contributed by atoms with Crippen molar-refractivity contribution in [3.8, 4) is 0 Å². The fourth-order valence-electron chi connectivity index (χ4n) is 1.66. The van der Waals surface area contributed by atoms with E-state index in [1.54, 1.807) is 0 Å². The highest BCUT2D eigenvalue weighted by molar-refractivity contribution is 6.10. The molecule has 2 N–H and O–H groups in total. The van der Waals surface area contributed by atoms with E-state index < -0.39 is 0 Å². The van der Waals surface area contributed by atoms with Crippen molar-refractivity contribution in [1.82, 2.24) is 5.32 Å². The molecule has 0 bridgehead atoms. The second-order valence-electron chi connectivity index (χ2n) is 4.17. The van der Waals surface area contributed by atoms with Crippen molar-refractivity contribution in [2.75, 3.05) is 11.9 Å². The summed E-state index contributed by atoms with van der Waals surface area (Å²) in [5.74, 6) is 0.367. The summed E-state index contributed by atoms with van der Waals surface area (Å²) in [6.07, 6.45) is 0. The number of para-hydroxylation sites is 1. The van der Waals surface area contributed by atoms with Crippen molar-refractivity contribution < 1.29 is 9.63 Å². The third-order valence-corrected chi connectivity index (χ3v) is 2.60. The van der Waals surface area contributed by atoms with Gasteiger partial charge in [-0.2, -0.15) is 0 Å². The Morgan fingerprint density at radius 2 is 1.67 bits per heavy atom. The number of anilines is 1. The predicted molar refractivity (Wildman–Crippen MR) is 83.2 cm³/mol. The van der Waals surface area contributed by atoms with Gasteiger partial charge in [-0.05, 0) is 19.1 Å². The number of benzene rings is 2. The van der Waals surface area contributed by atoms with Gasteiger partial charge in [-0.3, -0.25) is 5.32 Å². The molecule has 0 unspecified atom stereocenters. The average Bonchev–Trinajstić information content (AvgIpc) is 2.53. The number of hydrogen-bond acceptors (Lipinski definition) is 3. The average molecular weight is 283 g/mol. The summed E-state index contributed by atoms with van der Waals surface area (Å²) in [5, 5.41) is 9.36. The fourth-order valence-corrected chi connectivity index (χ4v) is 1.66. The van der Waals surface area contributed by atoms with Crippen LogP contribution >= 0.6 is 0 Å².